The van der Waals surface area contributed by atoms with Crippen LogP contribution in [0, 0.1) is 13.8 Å². The van der Waals surface area contributed by atoms with Crippen molar-refractivity contribution in [3.8, 4) is 0 Å². The molecule has 2 aromatic rings. The Kier molecular flexibility index (Phi) is 4.71. The van der Waals surface area contributed by atoms with Crippen LogP contribution in [0.5, 0.6) is 0 Å². The number of aryl methyl sites for hydroxylation is 3. The van der Waals surface area contributed by atoms with Gasteiger partial charge < -0.3 is 15.3 Å². The minimum atomic E-state index is -0.983. The van der Waals surface area contributed by atoms with E-state index in [4.69, 9.17) is 0 Å². The summed E-state index contributed by atoms with van der Waals surface area (Å²) < 4.78 is 1.61. The van der Waals surface area contributed by atoms with Crippen LogP contribution in [-0.4, -0.2) is 56.0 Å². The van der Waals surface area contributed by atoms with Gasteiger partial charge in [-0.1, -0.05) is 0 Å². The molecule has 3 heterocycles. The average molecular weight is 344 g/mol. The molecule has 2 N–H and O–H groups in total. The van der Waals surface area contributed by atoms with Gasteiger partial charge in [-0.15, -0.1) is 0 Å². The highest BCUT2D eigenvalue weighted by atomic mass is 16.3. The Labute approximate surface area is 146 Å². The highest BCUT2D eigenvalue weighted by Crippen LogP contribution is 2.24. The Hall–Kier alpha value is -2.48. The SMILES string of the molecule is Cc1cc(N2CCC[C@@](O)(CNC(=O)c3cn(C)nc3C)C2)ncn1. The number of hydrogen-bond acceptors (Lipinski definition) is 6. The molecule has 0 bridgehead atoms. The summed E-state index contributed by atoms with van der Waals surface area (Å²) in [4.78, 5) is 22.8. The third-order valence-corrected chi connectivity index (χ3v) is 4.50. The zero-order chi connectivity index (χ0) is 18.0. The van der Waals surface area contributed by atoms with Gasteiger partial charge in [-0.3, -0.25) is 9.48 Å². The molecule has 0 spiro atoms. The Morgan fingerprint density at radius 3 is 2.88 bits per heavy atom. The number of carbonyl (C=O) groups excluding carboxylic acids is 1. The zero-order valence-electron chi connectivity index (χ0n) is 14.9. The smallest absolute Gasteiger partial charge is 0.254 e. The fourth-order valence-corrected chi connectivity index (χ4v) is 3.23. The van der Waals surface area contributed by atoms with Gasteiger partial charge in [-0.25, -0.2) is 9.97 Å². The minimum Gasteiger partial charge on any atom is -0.386 e. The van der Waals surface area contributed by atoms with Gasteiger partial charge in [-0.05, 0) is 26.7 Å². The van der Waals surface area contributed by atoms with Crippen LogP contribution in [0.4, 0.5) is 5.82 Å². The second-order valence-corrected chi connectivity index (χ2v) is 6.75. The molecular formula is C17H24N6O2. The molecule has 1 aliphatic rings. The van der Waals surface area contributed by atoms with E-state index < -0.39 is 5.60 Å². The number of aromatic nitrogens is 4. The van der Waals surface area contributed by atoms with Crippen molar-refractivity contribution in [1.82, 2.24) is 25.1 Å². The number of hydrogen-bond donors (Lipinski definition) is 2. The Morgan fingerprint density at radius 2 is 2.20 bits per heavy atom. The topological polar surface area (TPSA) is 96.2 Å². The van der Waals surface area contributed by atoms with Crippen LogP contribution < -0.4 is 10.2 Å². The van der Waals surface area contributed by atoms with Crippen molar-refractivity contribution in [2.45, 2.75) is 32.3 Å². The van der Waals surface area contributed by atoms with E-state index in [0.29, 0.717) is 24.2 Å². The van der Waals surface area contributed by atoms with E-state index in [1.165, 1.54) is 6.33 Å². The predicted molar refractivity (Wildman–Crippen MR) is 93.4 cm³/mol. The first kappa shape index (κ1) is 17.3. The highest BCUT2D eigenvalue weighted by Gasteiger charge is 2.34. The average Bonchev–Trinajstić information content (AvgIpc) is 2.91. The molecule has 2 aromatic heterocycles. The first-order chi connectivity index (χ1) is 11.9. The number of anilines is 1. The molecule has 0 aliphatic carbocycles. The van der Waals surface area contributed by atoms with Gasteiger partial charge in [0.15, 0.2) is 0 Å². The summed E-state index contributed by atoms with van der Waals surface area (Å²) in [6.07, 6.45) is 4.69. The largest absolute Gasteiger partial charge is 0.386 e. The van der Waals surface area contributed by atoms with Crippen molar-refractivity contribution in [1.29, 1.82) is 0 Å². The molecule has 25 heavy (non-hydrogen) atoms. The van der Waals surface area contributed by atoms with E-state index in [-0.39, 0.29) is 12.5 Å². The quantitative estimate of drug-likeness (QED) is 0.843. The molecule has 1 amide bonds. The molecule has 8 heteroatoms. The number of β-amino-alcohol motifs (C(OH)–C–C–N with tert-alkyl or cyclic N) is 1. The zero-order valence-corrected chi connectivity index (χ0v) is 14.9. The monoisotopic (exact) mass is 344 g/mol. The fraction of sp³-hybridized carbons (Fsp3) is 0.529. The molecule has 0 saturated carbocycles. The van der Waals surface area contributed by atoms with E-state index in [0.717, 1.165) is 24.5 Å². The Bertz CT molecular complexity index is 774. The molecule has 0 radical (unpaired) electrons. The number of aliphatic hydroxyl groups is 1. The van der Waals surface area contributed by atoms with Gasteiger partial charge in [0.2, 0.25) is 0 Å². The lowest BCUT2D eigenvalue weighted by Crippen LogP contribution is -2.54. The fourth-order valence-electron chi connectivity index (χ4n) is 3.23. The first-order valence-corrected chi connectivity index (χ1v) is 8.41. The predicted octanol–water partition coefficient (Wildman–Crippen LogP) is 0.588. The second-order valence-electron chi connectivity index (χ2n) is 6.75. The lowest BCUT2D eigenvalue weighted by atomic mass is 9.92. The van der Waals surface area contributed by atoms with Crippen molar-refractivity contribution in [3.63, 3.8) is 0 Å². The van der Waals surface area contributed by atoms with E-state index >= 15 is 0 Å². The van der Waals surface area contributed by atoms with Gasteiger partial charge in [0.05, 0.1) is 16.9 Å². The van der Waals surface area contributed by atoms with Crippen LogP contribution >= 0.6 is 0 Å². The Morgan fingerprint density at radius 1 is 1.40 bits per heavy atom. The molecule has 3 rings (SSSR count). The Balaban J connectivity index is 1.65. The summed E-state index contributed by atoms with van der Waals surface area (Å²) in [5.41, 5.74) is 1.11. The molecule has 1 saturated heterocycles. The second kappa shape index (κ2) is 6.79. The number of amides is 1. The van der Waals surface area contributed by atoms with Gasteiger partial charge >= 0.3 is 0 Å². The normalized spacial score (nSPS) is 20.6. The summed E-state index contributed by atoms with van der Waals surface area (Å²) in [6.45, 7) is 5.16. The van der Waals surface area contributed by atoms with Crippen molar-refractivity contribution >= 4 is 11.7 Å². The molecule has 1 fully saturated rings. The lowest BCUT2D eigenvalue weighted by molar-refractivity contribution is 0.0254. The molecule has 8 nitrogen and oxygen atoms in total. The van der Waals surface area contributed by atoms with Crippen LogP contribution in [0.15, 0.2) is 18.6 Å². The summed E-state index contributed by atoms with van der Waals surface area (Å²) in [5.74, 6) is 0.592. The van der Waals surface area contributed by atoms with E-state index in [1.54, 1.807) is 24.9 Å². The molecule has 0 unspecified atom stereocenters. The number of rotatable bonds is 4. The van der Waals surface area contributed by atoms with E-state index in [9.17, 15) is 9.90 Å². The first-order valence-electron chi connectivity index (χ1n) is 8.41. The molecule has 0 aromatic carbocycles. The van der Waals surface area contributed by atoms with Gasteiger partial charge in [-0.2, -0.15) is 5.10 Å². The minimum absolute atomic E-state index is 0.195. The van der Waals surface area contributed by atoms with Crippen molar-refractivity contribution in [3.05, 3.63) is 35.5 Å². The summed E-state index contributed by atoms with van der Waals surface area (Å²) in [6, 6.07) is 1.91. The van der Waals surface area contributed by atoms with Crippen molar-refractivity contribution in [2.75, 3.05) is 24.5 Å². The summed E-state index contributed by atoms with van der Waals surface area (Å²) >= 11 is 0. The third kappa shape index (κ3) is 3.96. The maximum Gasteiger partial charge on any atom is 0.254 e. The van der Waals surface area contributed by atoms with Crippen LogP contribution in [0.2, 0.25) is 0 Å². The number of nitrogens with zero attached hydrogens (tertiary/aromatic N) is 5. The maximum absolute atomic E-state index is 12.4. The van der Waals surface area contributed by atoms with Crippen LogP contribution in [0.1, 0.15) is 34.6 Å². The molecular weight excluding hydrogens is 320 g/mol. The third-order valence-electron chi connectivity index (χ3n) is 4.50. The standard InChI is InChI=1S/C17H24N6O2/c1-12-7-15(20-11-19-12)23-6-4-5-17(25,10-23)9-18-16(24)14-8-22(3)21-13(14)2/h7-8,11,25H,4-6,9-10H2,1-3H3,(H,18,24)/t17-/m1/s1. The number of piperidine rings is 1. The van der Waals surface area contributed by atoms with E-state index in [2.05, 4.69) is 20.4 Å². The van der Waals surface area contributed by atoms with E-state index in [1.807, 2.05) is 17.9 Å². The summed E-state index contributed by atoms with van der Waals surface area (Å²) in [7, 11) is 1.78. The van der Waals surface area contributed by atoms with Gasteiger partial charge in [0.25, 0.3) is 5.91 Å². The number of carbonyl (C=O) groups is 1. The molecule has 1 aliphatic heterocycles. The van der Waals surface area contributed by atoms with Crippen LogP contribution in [0.25, 0.3) is 0 Å². The van der Waals surface area contributed by atoms with Crippen molar-refractivity contribution < 1.29 is 9.90 Å². The highest BCUT2D eigenvalue weighted by molar-refractivity contribution is 5.95. The molecule has 1 atom stereocenters. The molecule has 134 valence electrons. The maximum atomic E-state index is 12.4. The van der Waals surface area contributed by atoms with Gasteiger partial charge in [0.1, 0.15) is 12.1 Å². The van der Waals surface area contributed by atoms with Gasteiger partial charge in [0, 0.05) is 44.6 Å². The lowest BCUT2D eigenvalue weighted by Gasteiger charge is -2.39. The van der Waals surface area contributed by atoms with Crippen molar-refractivity contribution in [2.24, 2.45) is 7.05 Å². The van der Waals surface area contributed by atoms with Crippen LogP contribution in [-0.2, 0) is 7.05 Å². The van der Waals surface area contributed by atoms with Crippen LogP contribution in [0.3, 0.4) is 0 Å². The summed E-state index contributed by atoms with van der Waals surface area (Å²) in [5, 5.41) is 17.9. The number of nitrogens with one attached hydrogen (secondary N) is 1.